The van der Waals surface area contributed by atoms with Crippen LogP contribution in [0.25, 0.3) is 0 Å². The van der Waals surface area contributed by atoms with Gasteiger partial charge in [-0.15, -0.1) is 0 Å². The average Bonchev–Trinajstić information content (AvgIpc) is 3.36. The highest BCUT2D eigenvalue weighted by atomic mass is 16.6. The van der Waals surface area contributed by atoms with Crippen LogP contribution in [0.2, 0.25) is 0 Å². The van der Waals surface area contributed by atoms with Crippen molar-refractivity contribution in [3.05, 3.63) is 122 Å². The maximum absolute atomic E-state index is 12.9. The Bertz CT molecular complexity index is 1420. The van der Waals surface area contributed by atoms with Crippen molar-refractivity contribution in [1.29, 1.82) is 0 Å². The molecule has 0 bridgehead atoms. The molecule has 0 aliphatic heterocycles. The van der Waals surface area contributed by atoms with Crippen LogP contribution in [0.5, 0.6) is 0 Å². The van der Waals surface area contributed by atoms with E-state index in [2.05, 4.69) is 136 Å². The molecule has 0 N–H and O–H groups in total. The molecule has 0 saturated carbocycles. The Morgan fingerprint density at radius 2 is 0.671 bits per heavy atom. The molecule has 5 heteroatoms. The van der Waals surface area contributed by atoms with Crippen LogP contribution in [0.4, 0.5) is 0 Å². The number of hydrogen-bond acceptors (Lipinski definition) is 5. The van der Waals surface area contributed by atoms with Crippen molar-refractivity contribution in [3.8, 4) is 0 Å². The van der Waals surface area contributed by atoms with E-state index in [0.717, 1.165) is 89.9 Å². The molecule has 0 aromatic heterocycles. The Kier molecular flexibility index (Phi) is 56.5. The molecule has 0 saturated heterocycles. The van der Waals surface area contributed by atoms with E-state index in [1.165, 1.54) is 122 Å². The molecule has 70 heavy (non-hydrogen) atoms. The zero-order valence-corrected chi connectivity index (χ0v) is 45.7. The molecule has 0 radical (unpaired) electrons. The molecule has 0 aliphatic carbocycles. The Labute approximate surface area is 433 Å². The summed E-state index contributed by atoms with van der Waals surface area (Å²) in [7, 11) is 0. The second-order valence-corrected chi connectivity index (χ2v) is 18.8. The Balaban J connectivity index is 4.43. The van der Waals surface area contributed by atoms with E-state index in [0.29, 0.717) is 25.9 Å². The Hall–Kier alpha value is -3.70. The van der Waals surface area contributed by atoms with Crippen molar-refractivity contribution in [2.75, 3.05) is 19.8 Å². The second-order valence-electron chi connectivity index (χ2n) is 18.8. The topological polar surface area (TPSA) is 61.8 Å². The van der Waals surface area contributed by atoms with E-state index in [1.807, 2.05) is 6.08 Å². The highest BCUT2D eigenvalue weighted by Gasteiger charge is 2.17. The van der Waals surface area contributed by atoms with Crippen LogP contribution in [-0.4, -0.2) is 37.9 Å². The van der Waals surface area contributed by atoms with Gasteiger partial charge in [-0.25, -0.2) is 0 Å². The molecular formula is C65H108O5. The van der Waals surface area contributed by atoms with Crippen LogP contribution in [0, 0.1) is 0 Å². The smallest absolute Gasteiger partial charge is 0.306 e. The highest BCUT2D eigenvalue weighted by molar-refractivity contribution is 5.70. The lowest BCUT2D eigenvalue weighted by molar-refractivity contribution is -0.162. The van der Waals surface area contributed by atoms with Crippen molar-refractivity contribution in [3.63, 3.8) is 0 Å². The highest BCUT2D eigenvalue weighted by Crippen LogP contribution is 2.14. The fourth-order valence-electron chi connectivity index (χ4n) is 7.65. The number of hydrogen-bond donors (Lipinski definition) is 0. The lowest BCUT2D eigenvalue weighted by Gasteiger charge is -2.18. The van der Waals surface area contributed by atoms with E-state index in [-0.39, 0.29) is 25.2 Å². The molecule has 0 amide bonds. The van der Waals surface area contributed by atoms with Gasteiger partial charge in [-0.3, -0.25) is 9.59 Å². The average molecular weight is 970 g/mol. The normalized spacial score (nSPS) is 13.1. The second kappa shape index (κ2) is 59.6. The molecule has 1 atom stereocenters. The van der Waals surface area contributed by atoms with Gasteiger partial charge >= 0.3 is 11.9 Å². The SMILES string of the molecule is CC/C=C\C/C=C\C/C=C\C/C=C\C/C=C\C/C=C\CCC(=O)OCC(COCCCCCCCC/C=C\C/C=C\CCCCC)OC(=O)CCCCCCCCCCC/C=C\C/C=C\CCCCC. The Morgan fingerprint density at radius 3 is 1.09 bits per heavy atom. The summed E-state index contributed by atoms with van der Waals surface area (Å²) in [5.74, 6) is -0.507. The summed E-state index contributed by atoms with van der Waals surface area (Å²) in [6.45, 7) is 7.56. The first-order chi connectivity index (χ1) is 34.6. The molecule has 0 aromatic carbocycles. The van der Waals surface area contributed by atoms with E-state index < -0.39 is 6.10 Å². The van der Waals surface area contributed by atoms with Gasteiger partial charge < -0.3 is 14.2 Å². The minimum absolute atomic E-state index is 0.0326. The maximum atomic E-state index is 12.9. The summed E-state index contributed by atoms with van der Waals surface area (Å²) in [5.41, 5.74) is 0. The van der Waals surface area contributed by atoms with Crippen molar-refractivity contribution in [1.82, 2.24) is 0 Å². The quantitative estimate of drug-likeness (QED) is 0.0345. The zero-order chi connectivity index (χ0) is 50.6. The first kappa shape index (κ1) is 66.3. The number of carbonyl (C=O) groups excluding carboxylic acids is 2. The van der Waals surface area contributed by atoms with Crippen molar-refractivity contribution < 1.29 is 23.8 Å². The van der Waals surface area contributed by atoms with Gasteiger partial charge in [0.2, 0.25) is 0 Å². The number of rotatable bonds is 52. The van der Waals surface area contributed by atoms with Crippen molar-refractivity contribution >= 4 is 11.9 Å². The number of unbranched alkanes of at least 4 members (excludes halogenated alkanes) is 21. The first-order valence-corrected chi connectivity index (χ1v) is 29.1. The van der Waals surface area contributed by atoms with Gasteiger partial charge in [0.05, 0.1) is 6.61 Å². The molecule has 0 fully saturated rings. The predicted octanol–water partition coefficient (Wildman–Crippen LogP) is 20.1. The summed E-state index contributed by atoms with van der Waals surface area (Å²) in [6, 6.07) is 0. The van der Waals surface area contributed by atoms with Gasteiger partial charge in [0.15, 0.2) is 6.10 Å². The van der Waals surface area contributed by atoms with Crippen LogP contribution in [-0.2, 0) is 23.8 Å². The van der Waals surface area contributed by atoms with Gasteiger partial charge in [0.25, 0.3) is 0 Å². The molecule has 0 heterocycles. The molecule has 0 aliphatic rings. The van der Waals surface area contributed by atoms with E-state index in [4.69, 9.17) is 14.2 Å². The third-order valence-corrected chi connectivity index (χ3v) is 12.0. The molecule has 1 unspecified atom stereocenters. The van der Waals surface area contributed by atoms with Gasteiger partial charge in [0, 0.05) is 19.4 Å². The summed E-state index contributed by atoms with van der Waals surface area (Å²) < 4.78 is 17.4. The molecular weight excluding hydrogens is 861 g/mol. The fraction of sp³-hybridized carbons (Fsp3) is 0.662. The predicted molar refractivity (Wildman–Crippen MR) is 306 cm³/mol. The lowest BCUT2D eigenvalue weighted by atomic mass is 10.1. The lowest BCUT2D eigenvalue weighted by Crippen LogP contribution is -2.30. The monoisotopic (exact) mass is 969 g/mol. The number of ether oxygens (including phenoxy) is 3. The number of allylic oxidation sites excluding steroid dienone is 20. The summed E-state index contributed by atoms with van der Waals surface area (Å²) in [5, 5.41) is 0. The maximum Gasteiger partial charge on any atom is 0.306 e. The van der Waals surface area contributed by atoms with E-state index in [9.17, 15) is 9.59 Å². The van der Waals surface area contributed by atoms with Gasteiger partial charge in [0.1, 0.15) is 6.61 Å². The van der Waals surface area contributed by atoms with Crippen molar-refractivity contribution in [2.24, 2.45) is 0 Å². The summed E-state index contributed by atoms with van der Waals surface area (Å²) in [4.78, 5) is 25.5. The molecule has 398 valence electrons. The van der Waals surface area contributed by atoms with Crippen LogP contribution in [0.1, 0.15) is 252 Å². The van der Waals surface area contributed by atoms with Crippen LogP contribution in [0.15, 0.2) is 122 Å². The zero-order valence-electron chi connectivity index (χ0n) is 45.7. The number of esters is 2. The van der Waals surface area contributed by atoms with E-state index in [1.54, 1.807) is 0 Å². The molecule has 5 nitrogen and oxygen atoms in total. The largest absolute Gasteiger partial charge is 0.462 e. The van der Waals surface area contributed by atoms with Crippen molar-refractivity contribution in [2.45, 2.75) is 258 Å². The first-order valence-electron chi connectivity index (χ1n) is 29.1. The summed E-state index contributed by atoms with van der Waals surface area (Å²) >= 11 is 0. The van der Waals surface area contributed by atoms with Gasteiger partial charge in [-0.2, -0.15) is 0 Å². The standard InChI is InChI=1S/C65H108O5/c1-4-7-10-13-16-19-22-25-28-31-33-35-37-40-43-46-49-52-55-58-64(66)69-62-63(61-68-60-57-54-51-48-45-42-39-30-27-24-21-18-15-12-9-6-3)70-65(67)59-56-53-50-47-44-41-38-36-34-32-29-26-23-20-17-14-11-8-5-2/h7,10,16-21,25-30,33,35,40,43,49,52,63H,4-6,8-9,11-15,22-24,31-32,34,36-39,41-42,44-48,50-51,53-62H2,1-3H3/b10-7-,19-16-,20-17-,21-18-,28-25-,29-26-,30-27-,35-33-,43-40-,52-49-. The molecule has 0 aromatic rings. The Morgan fingerprint density at radius 1 is 0.329 bits per heavy atom. The van der Waals surface area contributed by atoms with Crippen LogP contribution >= 0.6 is 0 Å². The third-order valence-electron chi connectivity index (χ3n) is 12.0. The number of carbonyl (C=O) groups is 2. The molecule has 0 spiro atoms. The van der Waals surface area contributed by atoms with E-state index >= 15 is 0 Å². The minimum Gasteiger partial charge on any atom is -0.462 e. The van der Waals surface area contributed by atoms with Crippen LogP contribution < -0.4 is 0 Å². The summed E-state index contributed by atoms with van der Waals surface area (Å²) in [6.07, 6.45) is 83.7. The van der Waals surface area contributed by atoms with Crippen LogP contribution in [0.3, 0.4) is 0 Å². The van der Waals surface area contributed by atoms with Gasteiger partial charge in [-0.05, 0) is 122 Å². The fourth-order valence-corrected chi connectivity index (χ4v) is 7.65. The molecule has 0 rings (SSSR count). The van der Waals surface area contributed by atoms with Gasteiger partial charge in [-0.1, -0.05) is 239 Å². The minimum atomic E-state index is -0.584. The third kappa shape index (κ3) is 56.9.